The topological polar surface area (TPSA) is 136 Å². The quantitative estimate of drug-likeness (QED) is 0.437. The second kappa shape index (κ2) is 7.62. The lowest BCUT2D eigenvalue weighted by molar-refractivity contribution is -0.159. The molecule has 0 saturated carbocycles. The first-order valence-corrected chi connectivity index (χ1v) is 5.26. The summed E-state index contributed by atoms with van der Waals surface area (Å²) in [6.07, 6.45) is 0.386. The van der Waals surface area contributed by atoms with Crippen LogP contribution >= 0.6 is 0 Å². The number of carbonyl (C=O) groups excluding carboxylic acids is 1. The average molecular weight is 263 g/mol. The monoisotopic (exact) mass is 263 g/mol. The lowest BCUT2D eigenvalue weighted by Crippen LogP contribution is -2.49. The Balaban J connectivity index is 0.000000411. The number of carboxylic acids is 2. The van der Waals surface area contributed by atoms with Crippen LogP contribution in [0.25, 0.3) is 0 Å². The molecule has 0 radical (unpaired) electrons. The third kappa shape index (κ3) is 5.60. The van der Waals surface area contributed by atoms with Gasteiger partial charge in [0, 0.05) is 12.0 Å². The highest BCUT2D eigenvalue weighted by Gasteiger charge is 2.39. The van der Waals surface area contributed by atoms with Crippen molar-refractivity contribution in [2.75, 3.05) is 26.4 Å². The zero-order valence-electron chi connectivity index (χ0n) is 10.0. The van der Waals surface area contributed by atoms with Gasteiger partial charge in [-0.25, -0.2) is 9.59 Å². The van der Waals surface area contributed by atoms with Crippen LogP contribution in [0.15, 0.2) is 0 Å². The van der Waals surface area contributed by atoms with Gasteiger partial charge in [-0.15, -0.1) is 0 Å². The molecule has 1 fully saturated rings. The van der Waals surface area contributed by atoms with Crippen LogP contribution < -0.4 is 5.73 Å². The molecule has 1 saturated heterocycles. The Labute approximate surface area is 104 Å². The highest BCUT2D eigenvalue weighted by Crippen LogP contribution is 2.30. The molecular formula is C10H17NO7. The molecule has 0 aromatic rings. The molecule has 0 aromatic carbocycles. The van der Waals surface area contributed by atoms with Gasteiger partial charge < -0.3 is 25.4 Å². The molecule has 18 heavy (non-hydrogen) atoms. The van der Waals surface area contributed by atoms with E-state index >= 15 is 0 Å². The molecule has 1 aliphatic rings. The molecule has 0 unspecified atom stereocenters. The summed E-state index contributed by atoms with van der Waals surface area (Å²) in [5, 5.41) is 14.8. The standard InChI is InChI=1S/C8H15NO3.C2H2O4/c1-2-12-7(10)3-8(4-9)5-11-6-8;3-1(4)2(5)6/h2-6,9H2,1H3;(H,3,4)(H,5,6). The first-order chi connectivity index (χ1) is 8.37. The molecule has 0 aromatic heterocycles. The molecule has 0 amide bonds. The first-order valence-electron chi connectivity index (χ1n) is 5.26. The van der Waals surface area contributed by atoms with Crippen LogP contribution in [-0.2, 0) is 23.9 Å². The van der Waals surface area contributed by atoms with E-state index in [1.807, 2.05) is 0 Å². The molecule has 8 nitrogen and oxygen atoms in total. The van der Waals surface area contributed by atoms with Gasteiger partial charge in [0.1, 0.15) is 0 Å². The van der Waals surface area contributed by atoms with Crippen molar-refractivity contribution in [2.45, 2.75) is 13.3 Å². The number of carboxylic acid groups (broad SMARTS) is 2. The van der Waals surface area contributed by atoms with Crippen molar-refractivity contribution in [3.8, 4) is 0 Å². The van der Waals surface area contributed by atoms with Crippen molar-refractivity contribution in [2.24, 2.45) is 11.1 Å². The van der Waals surface area contributed by atoms with Crippen LogP contribution in [0.4, 0.5) is 0 Å². The van der Waals surface area contributed by atoms with E-state index in [9.17, 15) is 4.79 Å². The molecule has 8 heteroatoms. The summed E-state index contributed by atoms with van der Waals surface area (Å²) in [6.45, 7) is 3.89. The summed E-state index contributed by atoms with van der Waals surface area (Å²) < 4.78 is 9.85. The molecule has 104 valence electrons. The van der Waals surface area contributed by atoms with E-state index in [-0.39, 0.29) is 11.4 Å². The molecular weight excluding hydrogens is 246 g/mol. The largest absolute Gasteiger partial charge is 0.473 e. The Morgan fingerprint density at radius 2 is 1.78 bits per heavy atom. The van der Waals surface area contributed by atoms with Gasteiger partial charge in [0.25, 0.3) is 0 Å². The van der Waals surface area contributed by atoms with Crippen LogP contribution in [0.2, 0.25) is 0 Å². The highest BCUT2D eigenvalue weighted by molar-refractivity contribution is 6.27. The van der Waals surface area contributed by atoms with Gasteiger partial charge in [-0.05, 0) is 6.92 Å². The minimum absolute atomic E-state index is 0.133. The lowest BCUT2D eigenvalue weighted by atomic mass is 9.83. The number of nitrogens with two attached hydrogens (primary N) is 1. The lowest BCUT2D eigenvalue weighted by Gasteiger charge is -2.39. The van der Waals surface area contributed by atoms with E-state index < -0.39 is 11.9 Å². The Hall–Kier alpha value is -1.67. The summed E-state index contributed by atoms with van der Waals surface area (Å²) in [5.41, 5.74) is 5.39. The van der Waals surface area contributed by atoms with Crippen LogP contribution in [0.5, 0.6) is 0 Å². The third-order valence-electron chi connectivity index (χ3n) is 2.26. The van der Waals surface area contributed by atoms with Crippen LogP contribution in [-0.4, -0.2) is 54.5 Å². The first kappa shape index (κ1) is 16.3. The summed E-state index contributed by atoms with van der Waals surface area (Å²) >= 11 is 0. The number of carbonyl (C=O) groups is 3. The Bertz CT molecular complexity index is 294. The summed E-state index contributed by atoms with van der Waals surface area (Å²) in [4.78, 5) is 29.3. The molecule has 0 atom stereocenters. The van der Waals surface area contributed by atoms with Crippen LogP contribution in [0, 0.1) is 5.41 Å². The number of ether oxygens (including phenoxy) is 2. The maximum atomic E-state index is 11.1. The molecule has 1 aliphatic heterocycles. The zero-order chi connectivity index (χ0) is 14.2. The van der Waals surface area contributed by atoms with Gasteiger partial charge in [0.2, 0.25) is 0 Å². The predicted molar refractivity (Wildman–Crippen MR) is 58.8 cm³/mol. The molecule has 0 spiro atoms. The Morgan fingerprint density at radius 1 is 1.28 bits per heavy atom. The van der Waals surface area contributed by atoms with E-state index in [1.54, 1.807) is 6.92 Å². The van der Waals surface area contributed by atoms with E-state index in [4.69, 9.17) is 35.0 Å². The average Bonchev–Trinajstić information content (AvgIpc) is 2.24. The molecule has 1 rings (SSSR count). The van der Waals surface area contributed by atoms with Crippen LogP contribution in [0.1, 0.15) is 13.3 Å². The minimum atomic E-state index is -1.82. The van der Waals surface area contributed by atoms with Crippen molar-refractivity contribution in [3.63, 3.8) is 0 Å². The van der Waals surface area contributed by atoms with Gasteiger partial charge >= 0.3 is 17.9 Å². The van der Waals surface area contributed by atoms with Crippen molar-refractivity contribution in [1.82, 2.24) is 0 Å². The maximum Gasteiger partial charge on any atom is 0.414 e. The predicted octanol–water partition coefficient (Wildman–Crippen LogP) is -0.929. The van der Waals surface area contributed by atoms with E-state index in [0.717, 1.165) is 0 Å². The number of esters is 1. The van der Waals surface area contributed by atoms with Crippen molar-refractivity contribution < 1.29 is 34.1 Å². The van der Waals surface area contributed by atoms with Gasteiger partial charge in [0.15, 0.2) is 0 Å². The zero-order valence-corrected chi connectivity index (χ0v) is 10.0. The maximum absolute atomic E-state index is 11.1. The van der Waals surface area contributed by atoms with Crippen molar-refractivity contribution >= 4 is 17.9 Å². The molecule has 0 bridgehead atoms. The summed E-state index contributed by atoms with van der Waals surface area (Å²) in [6, 6.07) is 0. The van der Waals surface area contributed by atoms with E-state index in [2.05, 4.69) is 0 Å². The van der Waals surface area contributed by atoms with Crippen molar-refractivity contribution in [1.29, 1.82) is 0 Å². The molecule has 0 aliphatic carbocycles. The fraction of sp³-hybridized carbons (Fsp3) is 0.700. The highest BCUT2D eigenvalue weighted by atomic mass is 16.5. The Morgan fingerprint density at radius 3 is 2.00 bits per heavy atom. The number of rotatable bonds is 4. The van der Waals surface area contributed by atoms with Gasteiger partial charge in [0.05, 0.1) is 26.2 Å². The second-order valence-electron chi connectivity index (χ2n) is 3.79. The van der Waals surface area contributed by atoms with Crippen molar-refractivity contribution in [3.05, 3.63) is 0 Å². The van der Waals surface area contributed by atoms with Gasteiger partial charge in [-0.3, -0.25) is 4.79 Å². The van der Waals surface area contributed by atoms with E-state index in [1.165, 1.54) is 0 Å². The third-order valence-corrected chi connectivity index (χ3v) is 2.26. The van der Waals surface area contributed by atoms with E-state index in [0.29, 0.717) is 32.8 Å². The normalized spacial score (nSPS) is 15.7. The van der Waals surface area contributed by atoms with Crippen LogP contribution in [0.3, 0.4) is 0 Å². The number of hydrogen-bond acceptors (Lipinski definition) is 6. The SMILES string of the molecule is CCOC(=O)CC1(CN)COC1.O=C(O)C(=O)O. The smallest absolute Gasteiger partial charge is 0.414 e. The molecule has 4 N–H and O–H groups in total. The number of hydrogen-bond donors (Lipinski definition) is 3. The second-order valence-corrected chi connectivity index (χ2v) is 3.79. The van der Waals surface area contributed by atoms with Gasteiger partial charge in [-0.2, -0.15) is 0 Å². The summed E-state index contributed by atoms with van der Waals surface area (Å²) in [5.74, 6) is -3.82. The van der Waals surface area contributed by atoms with Gasteiger partial charge in [-0.1, -0.05) is 0 Å². The Kier molecular flexibility index (Phi) is 6.91. The molecule has 1 heterocycles. The fourth-order valence-electron chi connectivity index (χ4n) is 1.20. The number of aliphatic carboxylic acids is 2. The summed E-state index contributed by atoms with van der Waals surface area (Å²) in [7, 11) is 0. The fourth-order valence-corrected chi connectivity index (χ4v) is 1.20. The minimum Gasteiger partial charge on any atom is -0.473 e.